The van der Waals surface area contributed by atoms with E-state index in [9.17, 15) is 9.59 Å². The fourth-order valence-corrected chi connectivity index (χ4v) is 3.73. The molecule has 1 N–H and O–H groups in total. The number of nitrogens with one attached hydrogen (secondary N) is 1. The van der Waals surface area contributed by atoms with E-state index in [0.717, 1.165) is 18.4 Å². The molecule has 1 aromatic heterocycles. The van der Waals surface area contributed by atoms with E-state index in [1.165, 1.54) is 13.3 Å². The normalized spacial score (nSPS) is 13.7. The average molecular weight is 432 g/mol. The van der Waals surface area contributed by atoms with Crippen LogP contribution in [0.4, 0.5) is 5.82 Å². The quantitative estimate of drug-likeness (QED) is 0.541. The molecule has 2 aromatic carbocycles. The predicted octanol–water partition coefficient (Wildman–Crippen LogP) is 4.01. The van der Waals surface area contributed by atoms with Crippen LogP contribution in [0.1, 0.15) is 34.3 Å². The second-order valence-corrected chi connectivity index (χ2v) is 7.57. The lowest BCUT2D eigenvalue weighted by molar-refractivity contribution is -0.118. The smallest absolute Gasteiger partial charge is 0.236 e. The molecule has 0 bridgehead atoms. The van der Waals surface area contributed by atoms with Crippen LogP contribution in [-0.2, 0) is 10.2 Å². The summed E-state index contributed by atoms with van der Waals surface area (Å²) >= 11 is 0. The number of carbonyl (C=O) groups excluding carboxylic acids is 2. The summed E-state index contributed by atoms with van der Waals surface area (Å²) in [6.45, 7) is 0. The summed E-state index contributed by atoms with van der Waals surface area (Å²) in [6.07, 6.45) is 2.93. The zero-order valence-corrected chi connectivity index (χ0v) is 18.2. The van der Waals surface area contributed by atoms with Crippen molar-refractivity contribution in [3.8, 4) is 17.2 Å². The Labute approximate surface area is 186 Å². The number of hydrogen-bond acceptors (Lipinski definition) is 6. The third-order valence-electron chi connectivity index (χ3n) is 5.74. The molecule has 1 heterocycles. The summed E-state index contributed by atoms with van der Waals surface area (Å²) in [5.41, 5.74) is 1.12. The SMILES string of the molecule is COc1ccc(C2(C(=O)Nc3ccc(C(=O)c4ccccc4OC)cn3)CC2)cc1OC. The minimum absolute atomic E-state index is 0.138. The van der Waals surface area contributed by atoms with Gasteiger partial charge >= 0.3 is 0 Å². The first-order valence-corrected chi connectivity index (χ1v) is 10.2. The highest BCUT2D eigenvalue weighted by atomic mass is 16.5. The maximum atomic E-state index is 13.1. The Morgan fingerprint density at radius 1 is 0.875 bits per heavy atom. The van der Waals surface area contributed by atoms with Crippen LogP contribution in [0.3, 0.4) is 0 Å². The highest BCUT2D eigenvalue weighted by Crippen LogP contribution is 2.50. The Kier molecular flexibility index (Phi) is 5.81. The molecular weight excluding hydrogens is 408 g/mol. The number of pyridine rings is 1. The van der Waals surface area contributed by atoms with Gasteiger partial charge < -0.3 is 19.5 Å². The van der Waals surface area contributed by atoms with E-state index in [4.69, 9.17) is 14.2 Å². The molecule has 1 aliphatic rings. The molecule has 1 amide bonds. The van der Waals surface area contributed by atoms with Gasteiger partial charge in [0.25, 0.3) is 0 Å². The molecule has 3 aromatic rings. The molecule has 0 unspecified atom stereocenters. The molecular formula is C25H24N2O5. The Hall–Kier alpha value is -3.87. The van der Waals surface area contributed by atoms with Gasteiger partial charge in [0.05, 0.1) is 32.3 Å². The van der Waals surface area contributed by atoms with E-state index in [2.05, 4.69) is 10.3 Å². The number of aromatic nitrogens is 1. The van der Waals surface area contributed by atoms with Gasteiger partial charge in [-0.1, -0.05) is 18.2 Å². The van der Waals surface area contributed by atoms with Crippen molar-refractivity contribution < 1.29 is 23.8 Å². The van der Waals surface area contributed by atoms with Crippen molar-refractivity contribution in [3.63, 3.8) is 0 Å². The number of ether oxygens (including phenoxy) is 3. The van der Waals surface area contributed by atoms with Gasteiger partial charge in [0, 0.05) is 11.8 Å². The lowest BCUT2D eigenvalue weighted by Crippen LogP contribution is -2.28. The molecule has 4 rings (SSSR count). The molecule has 0 atom stereocenters. The van der Waals surface area contributed by atoms with Gasteiger partial charge in [-0.3, -0.25) is 9.59 Å². The van der Waals surface area contributed by atoms with Crippen LogP contribution in [0.5, 0.6) is 17.2 Å². The molecule has 7 nitrogen and oxygen atoms in total. The van der Waals surface area contributed by atoms with Crippen LogP contribution in [-0.4, -0.2) is 38.0 Å². The molecule has 0 spiro atoms. The first-order valence-electron chi connectivity index (χ1n) is 10.2. The minimum Gasteiger partial charge on any atom is -0.496 e. The Bertz CT molecular complexity index is 1150. The third kappa shape index (κ3) is 3.89. The van der Waals surface area contributed by atoms with Gasteiger partial charge in [0.1, 0.15) is 11.6 Å². The number of amides is 1. The number of nitrogens with zero attached hydrogens (tertiary/aromatic N) is 1. The Morgan fingerprint density at radius 3 is 2.22 bits per heavy atom. The molecule has 1 aliphatic carbocycles. The second kappa shape index (κ2) is 8.70. The molecule has 1 saturated carbocycles. The van der Waals surface area contributed by atoms with E-state index < -0.39 is 5.41 Å². The fourth-order valence-electron chi connectivity index (χ4n) is 3.73. The number of hydrogen-bond donors (Lipinski definition) is 1. The van der Waals surface area contributed by atoms with Gasteiger partial charge in [0.15, 0.2) is 17.3 Å². The number of methoxy groups -OCH3 is 3. The van der Waals surface area contributed by atoms with Crippen LogP contribution in [0.25, 0.3) is 0 Å². The van der Waals surface area contributed by atoms with Crippen molar-refractivity contribution in [1.82, 2.24) is 4.98 Å². The molecule has 164 valence electrons. The van der Waals surface area contributed by atoms with Crippen molar-refractivity contribution in [2.75, 3.05) is 26.6 Å². The monoisotopic (exact) mass is 432 g/mol. The first-order chi connectivity index (χ1) is 15.5. The summed E-state index contributed by atoms with van der Waals surface area (Å²) in [5.74, 6) is 1.75. The van der Waals surface area contributed by atoms with Gasteiger partial charge in [-0.2, -0.15) is 0 Å². The van der Waals surface area contributed by atoms with Crippen LogP contribution >= 0.6 is 0 Å². The van der Waals surface area contributed by atoms with E-state index in [0.29, 0.717) is 34.2 Å². The number of para-hydroxylation sites is 1. The molecule has 1 fully saturated rings. The van der Waals surface area contributed by atoms with Crippen LogP contribution in [0.15, 0.2) is 60.8 Å². The van der Waals surface area contributed by atoms with Gasteiger partial charge in [-0.15, -0.1) is 0 Å². The number of rotatable bonds is 8. The molecule has 32 heavy (non-hydrogen) atoms. The van der Waals surface area contributed by atoms with E-state index in [1.54, 1.807) is 56.7 Å². The largest absolute Gasteiger partial charge is 0.496 e. The molecule has 0 aliphatic heterocycles. The highest BCUT2D eigenvalue weighted by Gasteiger charge is 2.51. The van der Waals surface area contributed by atoms with Crippen molar-refractivity contribution >= 4 is 17.5 Å². The summed E-state index contributed by atoms with van der Waals surface area (Å²) in [4.78, 5) is 30.1. The Balaban J connectivity index is 1.50. The van der Waals surface area contributed by atoms with Crippen molar-refractivity contribution in [3.05, 3.63) is 77.5 Å². The zero-order valence-electron chi connectivity index (χ0n) is 18.2. The van der Waals surface area contributed by atoms with E-state index >= 15 is 0 Å². The second-order valence-electron chi connectivity index (χ2n) is 7.57. The minimum atomic E-state index is -0.618. The maximum absolute atomic E-state index is 13.1. The fraction of sp³-hybridized carbons (Fsp3) is 0.240. The summed E-state index contributed by atoms with van der Waals surface area (Å²) in [5, 5.41) is 2.88. The lowest BCUT2D eigenvalue weighted by Gasteiger charge is -2.17. The van der Waals surface area contributed by atoms with Crippen LogP contribution in [0.2, 0.25) is 0 Å². The van der Waals surface area contributed by atoms with E-state index in [-0.39, 0.29) is 11.7 Å². The zero-order chi connectivity index (χ0) is 22.7. The van der Waals surface area contributed by atoms with Gasteiger partial charge in [-0.25, -0.2) is 4.98 Å². The summed E-state index contributed by atoms with van der Waals surface area (Å²) in [7, 11) is 4.67. The standard InChI is InChI=1S/C25H24N2O5/c1-30-19-7-5-4-6-18(19)23(28)16-8-11-22(26-15-16)27-24(29)25(12-13-25)17-9-10-20(31-2)21(14-17)32-3/h4-11,14-15H,12-13H2,1-3H3,(H,26,27,29). The maximum Gasteiger partial charge on any atom is 0.236 e. The lowest BCUT2D eigenvalue weighted by atomic mass is 9.94. The summed E-state index contributed by atoms with van der Waals surface area (Å²) in [6, 6.07) is 15.8. The van der Waals surface area contributed by atoms with Crippen molar-refractivity contribution in [2.45, 2.75) is 18.3 Å². The molecule has 0 radical (unpaired) electrons. The first kappa shape index (κ1) is 21.4. The number of anilines is 1. The number of carbonyl (C=O) groups is 2. The molecule has 7 heteroatoms. The Morgan fingerprint density at radius 2 is 1.59 bits per heavy atom. The van der Waals surface area contributed by atoms with Crippen molar-refractivity contribution in [2.24, 2.45) is 0 Å². The van der Waals surface area contributed by atoms with Crippen molar-refractivity contribution in [1.29, 1.82) is 0 Å². The van der Waals surface area contributed by atoms with E-state index in [1.807, 2.05) is 12.1 Å². The number of benzene rings is 2. The number of ketones is 1. The predicted molar refractivity (Wildman–Crippen MR) is 120 cm³/mol. The average Bonchev–Trinajstić information content (AvgIpc) is 3.66. The van der Waals surface area contributed by atoms with Gasteiger partial charge in [-0.05, 0) is 54.8 Å². The summed E-state index contributed by atoms with van der Waals surface area (Å²) < 4.78 is 15.9. The van der Waals surface area contributed by atoms with Crippen LogP contribution in [0, 0.1) is 0 Å². The topological polar surface area (TPSA) is 86.8 Å². The highest BCUT2D eigenvalue weighted by molar-refractivity contribution is 6.10. The van der Waals surface area contributed by atoms with Crippen LogP contribution < -0.4 is 19.5 Å². The molecule has 0 saturated heterocycles. The third-order valence-corrected chi connectivity index (χ3v) is 5.74. The van der Waals surface area contributed by atoms with Gasteiger partial charge in [0.2, 0.25) is 5.91 Å².